The van der Waals surface area contributed by atoms with Crippen LogP contribution in [0.2, 0.25) is 5.15 Å². The first-order chi connectivity index (χ1) is 9.49. The summed E-state index contributed by atoms with van der Waals surface area (Å²) in [6.07, 6.45) is 0. The Balaban J connectivity index is 2.25. The highest BCUT2D eigenvalue weighted by molar-refractivity contribution is 9.10. The summed E-state index contributed by atoms with van der Waals surface area (Å²) in [7, 11) is 1.42. The number of benzene rings is 1. The number of nitrogens with one attached hydrogen (secondary N) is 1. The number of anilines is 1. The second-order valence-electron chi connectivity index (χ2n) is 3.63. The van der Waals surface area contributed by atoms with Crippen molar-refractivity contribution in [1.82, 2.24) is 9.97 Å². The Kier molecular flexibility index (Phi) is 4.51. The van der Waals surface area contributed by atoms with Crippen LogP contribution in [0.15, 0.2) is 28.7 Å². The molecule has 0 saturated heterocycles. The van der Waals surface area contributed by atoms with Crippen molar-refractivity contribution in [3.63, 3.8) is 0 Å². The fourth-order valence-electron chi connectivity index (χ4n) is 1.40. The van der Waals surface area contributed by atoms with Gasteiger partial charge in [0.25, 0.3) is 5.91 Å². The number of carbonyl (C=O) groups excluding carboxylic acids is 1. The Hall–Kier alpha value is -1.73. The molecule has 8 heteroatoms. The molecule has 1 aromatic heterocycles. The van der Waals surface area contributed by atoms with E-state index in [4.69, 9.17) is 16.3 Å². The number of ether oxygens (including phenoxy) is 1. The molecular formula is C12H8BrClFN3O2. The van der Waals surface area contributed by atoms with E-state index in [9.17, 15) is 9.18 Å². The van der Waals surface area contributed by atoms with Crippen molar-refractivity contribution in [3.8, 4) is 5.88 Å². The number of halogens is 3. The van der Waals surface area contributed by atoms with Gasteiger partial charge in [-0.05, 0) is 34.1 Å². The van der Waals surface area contributed by atoms with Crippen LogP contribution in [0.1, 0.15) is 10.4 Å². The lowest BCUT2D eigenvalue weighted by Crippen LogP contribution is -2.15. The molecule has 1 heterocycles. The predicted octanol–water partition coefficient (Wildman–Crippen LogP) is 3.29. The Morgan fingerprint density at radius 1 is 1.40 bits per heavy atom. The van der Waals surface area contributed by atoms with E-state index < -0.39 is 11.7 Å². The molecule has 0 saturated carbocycles. The van der Waals surface area contributed by atoms with Gasteiger partial charge >= 0.3 is 0 Å². The zero-order valence-electron chi connectivity index (χ0n) is 10.2. The molecule has 0 bridgehead atoms. The van der Waals surface area contributed by atoms with Gasteiger partial charge in [-0.15, -0.1) is 0 Å². The third kappa shape index (κ3) is 3.43. The normalized spacial score (nSPS) is 10.2. The number of hydrogen-bond acceptors (Lipinski definition) is 4. The zero-order chi connectivity index (χ0) is 14.7. The third-order valence-electron chi connectivity index (χ3n) is 2.28. The standard InChI is InChI=1S/C12H8BrClFN3O2/c1-20-10-5-9(14)16-12(17-10)18-11(19)7-3-2-6(15)4-8(7)13/h2-5H,1H3,(H,16,17,18,19). The first-order valence-electron chi connectivity index (χ1n) is 5.34. The van der Waals surface area contributed by atoms with Crippen molar-refractivity contribution >= 4 is 39.4 Å². The van der Waals surface area contributed by atoms with Crippen LogP contribution >= 0.6 is 27.5 Å². The topological polar surface area (TPSA) is 64.1 Å². The Morgan fingerprint density at radius 3 is 2.80 bits per heavy atom. The smallest absolute Gasteiger partial charge is 0.259 e. The number of hydrogen-bond donors (Lipinski definition) is 1. The average Bonchev–Trinajstić information content (AvgIpc) is 2.37. The van der Waals surface area contributed by atoms with Gasteiger partial charge in [0, 0.05) is 10.5 Å². The molecule has 0 aliphatic carbocycles. The Bertz CT molecular complexity index is 669. The van der Waals surface area contributed by atoms with Gasteiger partial charge in [-0.3, -0.25) is 10.1 Å². The maximum Gasteiger partial charge on any atom is 0.259 e. The van der Waals surface area contributed by atoms with Crippen molar-refractivity contribution in [2.75, 3.05) is 12.4 Å². The molecule has 20 heavy (non-hydrogen) atoms. The molecular weight excluding hydrogens is 353 g/mol. The van der Waals surface area contributed by atoms with Gasteiger partial charge in [-0.25, -0.2) is 9.37 Å². The quantitative estimate of drug-likeness (QED) is 0.853. The number of aromatic nitrogens is 2. The summed E-state index contributed by atoms with van der Waals surface area (Å²) in [6, 6.07) is 5.12. The molecule has 0 unspecified atom stereocenters. The van der Waals surface area contributed by atoms with Crippen LogP contribution in [0, 0.1) is 5.82 Å². The van der Waals surface area contributed by atoms with E-state index in [1.54, 1.807) is 0 Å². The van der Waals surface area contributed by atoms with Crippen LogP contribution < -0.4 is 10.1 Å². The maximum absolute atomic E-state index is 13.0. The highest BCUT2D eigenvalue weighted by atomic mass is 79.9. The van der Waals surface area contributed by atoms with E-state index in [1.807, 2.05) is 0 Å². The van der Waals surface area contributed by atoms with Crippen molar-refractivity contribution in [2.24, 2.45) is 0 Å². The van der Waals surface area contributed by atoms with E-state index in [1.165, 1.54) is 31.4 Å². The van der Waals surface area contributed by atoms with Crippen molar-refractivity contribution in [3.05, 3.63) is 45.3 Å². The largest absolute Gasteiger partial charge is 0.481 e. The number of rotatable bonds is 3. The first kappa shape index (κ1) is 14.7. The highest BCUT2D eigenvalue weighted by Gasteiger charge is 2.13. The van der Waals surface area contributed by atoms with E-state index in [0.717, 1.165) is 0 Å². The Labute approximate surface area is 127 Å². The monoisotopic (exact) mass is 359 g/mol. The molecule has 2 aromatic rings. The summed E-state index contributed by atoms with van der Waals surface area (Å²) in [5, 5.41) is 2.59. The summed E-state index contributed by atoms with van der Waals surface area (Å²) in [5.74, 6) is -0.732. The van der Waals surface area contributed by atoms with Gasteiger partial charge in [0.2, 0.25) is 11.8 Å². The second-order valence-corrected chi connectivity index (χ2v) is 4.88. The summed E-state index contributed by atoms with van der Waals surface area (Å²) in [5.41, 5.74) is 0.244. The van der Waals surface area contributed by atoms with Crippen molar-refractivity contribution < 1.29 is 13.9 Å². The summed E-state index contributed by atoms with van der Waals surface area (Å²) >= 11 is 8.88. The molecule has 0 radical (unpaired) electrons. The predicted molar refractivity (Wildman–Crippen MR) is 75.6 cm³/mol. The maximum atomic E-state index is 13.0. The summed E-state index contributed by atoms with van der Waals surface area (Å²) in [6.45, 7) is 0. The van der Waals surface area contributed by atoms with Crippen LogP contribution in [-0.2, 0) is 0 Å². The van der Waals surface area contributed by atoms with Crippen molar-refractivity contribution in [1.29, 1.82) is 0 Å². The number of methoxy groups -OCH3 is 1. The van der Waals surface area contributed by atoms with Gasteiger partial charge in [0.05, 0.1) is 12.7 Å². The minimum atomic E-state index is -0.499. The van der Waals surface area contributed by atoms with Crippen LogP contribution in [-0.4, -0.2) is 23.0 Å². The molecule has 0 aliphatic rings. The van der Waals surface area contributed by atoms with Gasteiger partial charge in [0.1, 0.15) is 11.0 Å². The van der Waals surface area contributed by atoms with E-state index in [0.29, 0.717) is 4.47 Å². The molecule has 5 nitrogen and oxygen atoms in total. The van der Waals surface area contributed by atoms with E-state index in [2.05, 4.69) is 31.2 Å². The van der Waals surface area contributed by atoms with Crippen molar-refractivity contribution in [2.45, 2.75) is 0 Å². The lowest BCUT2D eigenvalue weighted by atomic mass is 10.2. The molecule has 0 spiro atoms. The molecule has 0 atom stereocenters. The zero-order valence-corrected chi connectivity index (χ0v) is 12.5. The molecule has 1 amide bonds. The van der Waals surface area contributed by atoms with Crippen LogP contribution in [0.25, 0.3) is 0 Å². The fraction of sp³-hybridized carbons (Fsp3) is 0.0833. The van der Waals surface area contributed by atoms with E-state index >= 15 is 0 Å². The van der Waals surface area contributed by atoms with Gasteiger partial charge in [-0.2, -0.15) is 4.98 Å². The summed E-state index contributed by atoms with van der Waals surface area (Å²) in [4.78, 5) is 19.8. The van der Waals surface area contributed by atoms with Crippen LogP contribution in [0.3, 0.4) is 0 Å². The molecule has 104 valence electrons. The summed E-state index contributed by atoms with van der Waals surface area (Å²) < 4.78 is 18.2. The number of carbonyl (C=O) groups is 1. The molecule has 0 aliphatic heterocycles. The molecule has 0 fully saturated rings. The molecule has 2 rings (SSSR count). The minimum Gasteiger partial charge on any atom is -0.481 e. The van der Waals surface area contributed by atoms with Gasteiger partial charge in [-0.1, -0.05) is 11.6 Å². The Morgan fingerprint density at radius 2 is 2.15 bits per heavy atom. The van der Waals surface area contributed by atoms with Crippen LogP contribution in [0.5, 0.6) is 5.88 Å². The highest BCUT2D eigenvalue weighted by Crippen LogP contribution is 2.20. The molecule has 1 N–H and O–H groups in total. The number of amides is 1. The minimum absolute atomic E-state index is 0.00410. The number of nitrogens with zero attached hydrogens (tertiary/aromatic N) is 2. The van der Waals surface area contributed by atoms with Crippen LogP contribution in [0.4, 0.5) is 10.3 Å². The fourth-order valence-corrected chi connectivity index (χ4v) is 2.10. The molecule has 1 aromatic carbocycles. The van der Waals surface area contributed by atoms with E-state index in [-0.39, 0.29) is 22.5 Å². The SMILES string of the molecule is COc1cc(Cl)nc(NC(=O)c2ccc(F)cc2Br)n1. The van der Waals surface area contributed by atoms with Gasteiger partial charge in [0.15, 0.2) is 0 Å². The first-order valence-corrected chi connectivity index (χ1v) is 6.51. The van der Waals surface area contributed by atoms with Gasteiger partial charge < -0.3 is 4.74 Å². The second kappa shape index (κ2) is 6.15. The third-order valence-corrected chi connectivity index (χ3v) is 3.13. The lowest BCUT2D eigenvalue weighted by molar-refractivity contribution is 0.102. The lowest BCUT2D eigenvalue weighted by Gasteiger charge is -2.07. The average molecular weight is 361 g/mol.